The summed E-state index contributed by atoms with van der Waals surface area (Å²) in [4.78, 5) is 0. The van der Waals surface area contributed by atoms with Crippen molar-refractivity contribution in [2.24, 2.45) is 10.8 Å². The molecule has 0 amide bonds. The zero-order chi connectivity index (χ0) is 21.7. The highest BCUT2D eigenvalue weighted by Crippen LogP contribution is 2.59. The van der Waals surface area contributed by atoms with Gasteiger partial charge in [-0.15, -0.1) is 0 Å². The Morgan fingerprint density at radius 1 is 0.852 bits per heavy atom. The van der Waals surface area contributed by atoms with Gasteiger partial charge in [-0.2, -0.15) is 0 Å². The van der Waals surface area contributed by atoms with Crippen LogP contribution in [0.1, 0.15) is 66.5 Å². The van der Waals surface area contributed by atoms with E-state index in [0.717, 1.165) is 0 Å². The Kier molecular flexibility index (Phi) is 8.36. The van der Waals surface area contributed by atoms with Gasteiger partial charge in [-0.3, -0.25) is 0 Å². The van der Waals surface area contributed by atoms with Crippen LogP contribution in [0.3, 0.4) is 0 Å². The van der Waals surface area contributed by atoms with Gasteiger partial charge < -0.3 is 0 Å². The molecule has 0 heterocycles. The Morgan fingerprint density at radius 3 is 1.70 bits per heavy atom. The monoisotopic (exact) mass is 380 g/mol. The highest BCUT2D eigenvalue weighted by atomic mass is 19.3. The Hall–Kier alpha value is -1.77. The maximum Gasteiger partial charge on any atom is 0.290 e. The van der Waals surface area contributed by atoms with Crippen LogP contribution >= 0.6 is 0 Å². The second-order valence-corrected chi connectivity index (χ2v) is 8.34. The van der Waals surface area contributed by atoms with Crippen LogP contribution < -0.4 is 0 Å². The molecule has 0 aliphatic heterocycles. The van der Waals surface area contributed by atoms with Gasteiger partial charge in [-0.25, -0.2) is 13.2 Å². The third-order valence-electron chi connectivity index (χ3n) is 4.53. The normalized spacial score (nSPS) is 15.3. The summed E-state index contributed by atoms with van der Waals surface area (Å²) in [6.07, 6.45) is 4.26. The standard InChI is InChI=1S/C22H29F3.C2H6/c1-9-13-18(17-15-12-11-14-16(17)10-2)21(23,19(3,4)5)22(24,25)20(6,7)8;1-2/h9-15H,1-2H2,3-8H3;1-2H3/b18-13+;. The molecule has 0 aliphatic carbocycles. The summed E-state index contributed by atoms with van der Waals surface area (Å²) in [5.41, 5.74) is -4.91. The minimum absolute atomic E-state index is 0.0783. The third-order valence-corrected chi connectivity index (χ3v) is 4.53. The van der Waals surface area contributed by atoms with Gasteiger partial charge in [0, 0.05) is 16.4 Å². The summed E-state index contributed by atoms with van der Waals surface area (Å²) in [7, 11) is 0. The van der Waals surface area contributed by atoms with Crippen molar-refractivity contribution in [3.63, 3.8) is 0 Å². The van der Waals surface area contributed by atoms with Crippen molar-refractivity contribution in [3.05, 3.63) is 60.7 Å². The Morgan fingerprint density at radius 2 is 1.33 bits per heavy atom. The van der Waals surface area contributed by atoms with Crippen LogP contribution in [0, 0.1) is 10.8 Å². The van der Waals surface area contributed by atoms with E-state index in [1.807, 2.05) is 13.8 Å². The van der Waals surface area contributed by atoms with Gasteiger partial charge in [-0.1, -0.05) is 111 Å². The van der Waals surface area contributed by atoms with Crippen molar-refractivity contribution in [1.29, 1.82) is 0 Å². The molecule has 1 unspecified atom stereocenters. The molecule has 1 aromatic carbocycles. The molecule has 0 N–H and O–H groups in total. The van der Waals surface area contributed by atoms with Crippen LogP contribution in [0.5, 0.6) is 0 Å². The van der Waals surface area contributed by atoms with Crippen LogP contribution in [-0.2, 0) is 0 Å². The Labute approximate surface area is 163 Å². The van der Waals surface area contributed by atoms with E-state index in [-0.39, 0.29) is 5.57 Å². The fraction of sp³-hybridized carbons (Fsp3) is 0.500. The first-order valence-electron chi connectivity index (χ1n) is 9.37. The van der Waals surface area contributed by atoms with Gasteiger partial charge in [0.15, 0.2) is 0 Å². The van der Waals surface area contributed by atoms with Gasteiger partial charge in [0.1, 0.15) is 0 Å². The molecular weight excluding hydrogens is 345 g/mol. The zero-order valence-corrected chi connectivity index (χ0v) is 18.1. The molecule has 0 bridgehead atoms. The van der Waals surface area contributed by atoms with Gasteiger partial charge in [0.2, 0.25) is 5.67 Å². The number of allylic oxidation sites excluding steroid dienone is 3. The van der Waals surface area contributed by atoms with Gasteiger partial charge >= 0.3 is 0 Å². The van der Waals surface area contributed by atoms with E-state index >= 15 is 13.2 Å². The van der Waals surface area contributed by atoms with E-state index < -0.39 is 22.4 Å². The van der Waals surface area contributed by atoms with Gasteiger partial charge in [0.25, 0.3) is 5.92 Å². The van der Waals surface area contributed by atoms with Crippen LogP contribution in [0.4, 0.5) is 13.2 Å². The van der Waals surface area contributed by atoms with Crippen molar-refractivity contribution in [2.75, 3.05) is 0 Å². The molecule has 0 saturated carbocycles. The van der Waals surface area contributed by atoms with Crippen molar-refractivity contribution in [2.45, 2.75) is 67.0 Å². The average Bonchev–Trinajstić information content (AvgIpc) is 2.58. The van der Waals surface area contributed by atoms with Gasteiger partial charge in [-0.05, 0) is 11.1 Å². The SMILES string of the molecule is C=C/C=C(\c1ccccc1C=C)C(F)(C(C)(C)C)C(F)(F)C(C)(C)C.CC. The lowest BCUT2D eigenvalue weighted by Gasteiger charge is -2.49. The van der Waals surface area contributed by atoms with E-state index in [4.69, 9.17) is 0 Å². The predicted molar refractivity (Wildman–Crippen MR) is 114 cm³/mol. The number of rotatable bonds is 5. The zero-order valence-electron chi connectivity index (χ0n) is 18.1. The molecule has 27 heavy (non-hydrogen) atoms. The van der Waals surface area contributed by atoms with Crippen LogP contribution in [0.15, 0.2) is 49.6 Å². The number of benzene rings is 1. The summed E-state index contributed by atoms with van der Waals surface area (Å²) < 4.78 is 47.5. The lowest BCUT2D eigenvalue weighted by molar-refractivity contribution is -0.210. The topological polar surface area (TPSA) is 0 Å². The summed E-state index contributed by atoms with van der Waals surface area (Å²) in [6, 6.07) is 6.85. The molecule has 0 spiro atoms. The van der Waals surface area contributed by atoms with Crippen molar-refractivity contribution < 1.29 is 13.2 Å². The van der Waals surface area contributed by atoms with E-state index in [1.54, 1.807) is 30.3 Å². The quantitative estimate of drug-likeness (QED) is 0.450. The first kappa shape index (κ1) is 25.2. The molecule has 0 saturated heterocycles. The third kappa shape index (κ3) is 4.56. The van der Waals surface area contributed by atoms with E-state index in [9.17, 15) is 0 Å². The number of hydrogen-bond acceptors (Lipinski definition) is 0. The summed E-state index contributed by atoms with van der Waals surface area (Å²) in [5, 5.41) is 0. The molecule has 1 atom stereocenters. The molecule has 1 rings (SSSR count). The lowest BCUT2D eigenvalue weighted by atomic mass is 9.62. The number of halogens is 3. The smallest absolute Gasteiger partial charge is 0.231 e. The van der Waals surface area contributed by atoms with Crippen LogP contribution in [0.25, 0.3) is 11.6 Å². The van der Waals surface area contributed by atoms with Gasteiger partial charge in [0.05, 0.1) is 0 Å². The number of hydrogen-bond donors (Lipinski definition) is 0. The number of alkyl halides is 3. The van der Waals surface area contributed by atoms with Crippen molar-refractivity contribution in [1.82, 2.24) is 0 Å². The lowest BCUT2D eigenvalue weighted by Crippen LogP contribution is -2.60. The summed E-state index contributed by atoms with van der Waals surface area (Å²) >= 11 is 0. The minimum Gasteiger partial charge on any atom is -0.231 e. The molecule has 3 heteroatoms. The van der Waals surface area contributed by atoms with E-state index in [0.29, 0.717) is 11.1 Å². The average molecular weight is 381 g/mol. The molecule has 0 radical (unpaired) electrons. The molecular formula is C24H35F3. The van der Waals surface area contributed by atoms with E-state index in [2.05, 4.69) is 13.2 Å². The Balaban J connectivity index is 0.00000326. The molecule has 0 aromatic heterocycles. The van der Waals surface area contributed by atoms with Crippen LogP contribution in [0.2, 0.25) is 0 Å². The molecule has 1 aromatic rings. The maximum atomic E-state index is 16.5. The summed E-state index contributed by atoms with van der Waals surface area (Å²) in [5.74, 6) is -3.62. The first-order valence-corrected chi connectivity index (χ1v) is 9.37. The predicted octanol–water partition coefficient (Wildman–Crippen LogP) is 8.36. The fourth-order valence-electron chi connectivity index (χ4n) is 2.99. The molecule has 0 aliphatic rings. The first-order chi connectivity index (χ1) is 12.3. The van der Waals surface area contributed by atoms with Crippen molar-refractivity contribution in [3.8, 4) is 0 Å². The molecule has 152 valence electrons. The highest BCUT2D eigenvalue weighted by Gasteiger charge is 2.68. The van der Waals surface area contributed by atoms with Crippen LogP contribution in [-0.4, -0.2) is 11.6 Å². The largest absolute Gasteiger partial charge is 0.290 e. The summed E-state index contributed by atoms with van der Waals surface area (Å²) in [6.45, 7) is 19.9. The molecule has 0 nitrogen and oxygen atoms in total. The fourth-order valence-corrected chi connectivity index (χ4v) is 2.99. The maximum absolute atomic E-state index is 16.5. The minimum atomic E-state index is -3.62. The second kappa shape index (κ2) is 8.95. The second-order valence-electron chi connectivity index (χ2n) is 8.34. The van der Waals surface area contributed by atoms with Crippen molar-refractivity contribution >= 4 is 11.6 Å². The highest BCUT2D eigenvalue weighted by molar-refractivity contribution is 5.81. The Bertz CT molecular complexity index is 670. The van der Waals surface area contributed by atoms with E-state index in [1.165, 1.54) is 53.7 Å². The molecule has 0 fully saturated rings.